The van der Waals surface area contributed by atoms with E-state index in [4.69, 9.17) is 4.74 Å². The lowest BCUT2D eigenvalue weighted by Gasteiger charge is -2.10. The van der Waals surface area contributed by atoms with Crippen LogP contribution in [-0.2, 0) is 6.42 Å². The zero-order valence-corrected chi connectivity index (χ0v) is 12.8. The molecule has 0 atom stereocenters. The van der Waals surface area contributed by atoms with E-state index in [2.05, 4.69) is 4.98 Å². The van der Waals surface area contributed by atoms with E-state index < -0.39 is 5.97 Å². The molecule has 0 radical (unpaired) electrons. The summed E-state index contributed by atoms with van der Waals surface area (Å²) in [5.41, 5.74) is 0.930. The summed E-state index contributed by atoms with van der Waals surface area (Å²) in [6.07, 6.45) is 3.59. The molecule has 21 heavy (non-hydrogen) atoms. The van der Waals surface area contributed by atoms with Crippen LogP contribution in [0.1, 0.15) is 29.4 Å². The van der Waals surface area contributed by atoms with E-state index in [0.717, 1.165) is 23.4 Å². The number of thioether (sulfide) groups is 1. The van der Waals surface area contributed by atoms with Crippen LogP contribution in [0.3, 0.4) is 0 Å². The first-order valence-corrected chi connectivity index (χ1v) is 7.91. The van der Waals surface area contributed by atoms with Crippen molar-refractivity contribution in [2.24, 2.45) is 0 Å². The summed E-state index contributed by atoms with van der Waals surface area (Å²) in [5, 5.41) is 9.18. The number of nitrogens with zero attached hydrogens (tertiary/aromatic N) is 1. The molecule has 0 aliphatic rings. The minimum atomic E-state index is -0.974. The van der Waals surface area contributed by atoms with E-state index in [9.17, 15) is 9.90 Å². The zero-order valence-electron chi connectivity index (χ0n) is 12.0. The van der Waals surface area contributed by atoms with Gasteiger partial charge >= 0.3 is 5.97 Å². The molecule has 0 aliphatic carbocycles. The Morgan fingerprint density at radius 3 is 2.76 bits per heavy atom. The first kappa shape index (κ1) is 15.4. The van der Waals surface area contributed by atoms with E-state index in [1.54, 1.807) is 17.8 Å². The molecule has 1 aromatic carbocycles. The summed E-state index contributed by atoms with van der Waals surface area (Å²) >= 11 is 1.57. The topological polar surface area (TPSA) is 59.4 Å². The highest BCUT2D eigenvalue weighted by atomic mass is 32.2. The normalized spacial score (nSPS) is 10.4. The Balaban J connectivity index is 2.36. The van der Waals surface area contributed by atoms with Crippen LogP contribution >= 0.6 is 11.8 Å². The maximum absolute atomic E-state index is 11.2. The van der Waals surface area contributed by atoms with Crippen molar-refractivity contribution in [3.8, 4) is 11.6 Å². The quantitative estimate of drug-likeness (QED) is 0.809. The van der Waals surface area contributed by atoms with Gasteiger partial charge in [-0.1, -0.05) is 25.5 Å². The number of carbonyl (C=O) groups is 1. The fourth-order valence-corrected chi connectivity index (χ4v) is 2.46. The second kappa shape index (κ2) is 7.13. The molecule has 0 fully saturated rings. The number of aromatic nitrogens is 1. The summed E-state index contributed by atoms with van der Waals surface area (Å²) in [5.74, 6) is 0.0279. The van der Waals surface area contributed by atoms with Gasteiger partial charge in [-0.15, -0.1) is 11.8 Å². The summed E-state index contributed by atoms with van der Waals surface area (Å²) in [6, 6.07) is 10.7. The maximum Gasteiger partial charge on any atom is 0.335 e. The van der Waals surface area contributed by atoms with Crippen LogP contribution in [0.25, 0.3) is 0 Å². The molecule has 0 bridgehead atoms. The van der Waals surface area contributed by atoms with Crippen molar-refractivity contribution in [2.75, 3.05) is 6.26 Å². The maximum atomic E-state index is 11.2. The molecule has 5 heteroatoms. The molecule has 1 aromatic heterocycles. The Kier molecular flexibility index (Phi) is 5.22. The molecule has 0 amide bonds. The molecule has 0 aliphatic heterocycles. The molecule has 4 nitrogen and oxygen atoms in total. The van der Waals surface area contributed by atoms with Crippen molar-refractivity contribution >= 4 is 17.7 Å². The molecule has 0 saturated heterocycles. The highest BCUT2D eigenvalue weighted by Crippen LogP contribution is 2.31. The molecule has 2 aromatic rings. The van der Waals surface area contributed by atoms with Crippen molar-refractivity contribution in [1.82, 2.24) is 4.98 Å². The van der Waals surface area contributed by atoms with Gasteiger partial charge in [0, 0.05) is 16.7 Å². The van der Waals surface area contributed by atoms with Crippen molar-refractivity contribution in [3.63, 3.8) is 0 Å². The van der Waals surface area contributed by atoms with E-state index in [-0.39, 0.29) is 5.56 Å². The lowest BCUT2D eigenvalue weighted by molar-refractivity contribution is 0.0696. The molecular weight excluding hydrogens is 286 g/mol. The molecule has 0 unspecified atom stereocenters. The van der Waals surface area contributed by atoms with E-state index in [0.29, 0.717) is 11.6 Å². The van der Waals surface area contributed by atoms with Crippen LogP contribution in [0.15, 0.2) is 41.3 Å². The Labute approximate surface area is 128 Å². The Hall–Kier alpha value is -2.01. The van der Waals surface area contributed by atoms with Gasteiger partial charge in [-0.3, -0.25) is 0 Å². The molecule has 1 heterocycles. The number of hydrogen-bond donors (Lipinski definition) is 1. The number of carboxylic acid groups (broad SMARTS) is 1. The van der Waals surface area contributed by atoms with Gasteiger partial charge in [-0.25, -0.2) is 9.78 Å². The number of aryl methyl sites for hydroxylation is 1. The molecule has 2 rings (SSSR count). The fourth-order valence-electron chi connectivity index (χ4n) is 1.94. The predicted molar refractivity (Wildman–Crippen MR) is 83.5 cm³/mol. The van der Waals surface area contributed by atoms with Gasteiger partial charge in [0.25, 0.3) is 0 Å². The first-order chi connectivity index (χ1) is 10.1. The number of ether oxygens (including phenoxy) is 1. The molecule has 110 valence electrons. The number of carboxylic acids is 1. The minimum Gasteiger partial charge on any atom is -0.478 e. The van der Waals surface area contributed by atoms with Gasteiger partial charge in [0.2, 0.25) is 5.88 Å². The Morgan fingerprint density at radius 2 is 2.10 bits per heavy atom. The molecule has 1 N–H and O–H groups in total. The standard InChI is InChI=1S/C16H17NO3S/c1-3-6-12-9-11(16(18)19)10-15(17-12)20-13-7-4-5-8-14(13)21-2/h4-5,7-10H,3,6H2,1-2H3,(H,18,19). The van der Waals surface area contributed by atoms with Crippen LogP contribution in [-0.4, -0.2) is 22.3 Å². The van der Waals surface area contributed by atoms with Gasteiger partial charge in [-0.05, 0) is 30.9 Å². The summed E-state index contributed by atoms with van der Waals surface area (Å²) < 4.78 is 5.78. The van der Waals surface area contributed by atoms with Gasteiger partial charge in [-0.2, -0.15) is 0 Å². The number of rotatable bonds is 6. The van der Waals surface area contributed by atoms with Crippen molar-refractivity contribution in [1.29, 1.82) is 0 Å². The third-order valence-corrected chi connectivity index (χ3v) is 3.67. The van der Waals surface area contributed by atoms with Crippen molar-refractivity contribution < 1.29 is 14.6 Å². The summed E-state index contributed by atoms with van der Waals surface area (Å²) in [4.78, 5) is 16.6. The summed E-state index contributed by atoms with van der Waals surface area (Å²) in [7, 11) is 0. The lowest BCUT2D eigenvalue weighted by atomic mass is 10.1. The second-order valence-electron chi connectivity index (χ2n) is 4.49. The number of aromatic carboxylic acids is 1. The van der Waals surface area contributed by atoms with Crippen LogP contribution < -0.4 is 4.74 Å². The van der Waals surface area contributed by atoms with Gasteiger partial charge < -0.3 is 9.84 Å². The average Bonchev–Trinajstić information content (AvgIpc) is 2.48. The van der Waals surface area contributed by atoms with Crippen LogP contribution in [0.4, 0.5) is 0 Å². The number of hydrogen-bond acceptors (Lipinski definition) is 4. The highest BCUT2D eigenvalue weighted by molar-refractivity contribution is 7.98. The third kappa shape index (κ3) is 3.98. The SMILES string of the molecule is CCCc1cc(C(=O)O)cc(Oc2ccccc2SC)n1. The molecule has 0 spiro atoms. The highest BCUT2D eigenvalue weighted by Gasteiger charge is 2.11. The van der Waals surface area contributed by atoms with Crippen LogP contribution in [0, 0.1) is 0 Å². The number of para-hydroxylation sites is 1. The second-order valence-corrected chi connectivity index (χ2v) is 5.34. The summed E-state index contributed by atoms with van der Waals surface area (Å²) in [6.45, 7) is 2.03. The molecule has 0 saturated carbocycles. The van der Waals surface area contributed by atoms with Gasteiger partial charge in [0.05, 0.1) is 5.56 Å². The van der Waals surface area contributed by atoms with Crippen LogP contribution in [0.2, 0.25) is 0 Å². The molecular formula is C16H17NO3S. The van der Waals surface area contributed by atoms with Crippen LogP contribution in [0.5, 0.6) is 11.6 Å². The van der Waals surface area contributed by atoms with Gasteiger partial charge in [0.1, 0.15) is 5.75 Å². The lowest BCUT2D eigenvalue weighted by Crippen LogP contribution is -2.02. The zero-order chi connectivity index (χ0) is 15.2. The van der Waals surface area contributed by atoms with Gasteiger partial charge in [0.15, 0.2) is 0 Å². The largest absolute Gasteiger partial charge is 0.478 e. The fraction of sp³-hybridized carbons (Fsp3) is 0.250. The third-order valence-electron chi connectivity index (χ3n) is 2.89. The number of benzene rings is 1. The monoisotopic (exact) mass is 303 g/mol. The smallest absolute Gasteiger partial charge is 0.335 e. The van der Waals surface area contributed by atoms with Crippen molar-refractivity contribution in [2.45, 2.75) is 24.7 Å². The Morgan fingerprint density at radius 1 is 1.33 bits per heavy atom. The predicted octanol–water partition coefficient (Wildman–Crippen LogP) is 4.25. The van der Waals surface area contributed by atoms with E-state index in [1.807, 2.05) is 37.4 Å². The minimum absolute atomic E-state index is 0.199. The van der Waals surface area contributed by atoms with Crippen molar-refractivity contribution in [3.05, 3.63) is 47.7 Å². The number of pyridine rings is 1. The Bertz CT molecular complexity index is 643. The average molecular weight is 303 g/mol. The van der Waals surface area contributed by atoms with E-state index >= 15 is 0 Å². The first-order valence-electron chi connectivity index (χ1n) is 6.69. The van der Waals surface area contributed by atoms with E-state index in [1.165, 1.54) is 6.07 Å².